The van der Waals surface area contributed by atoms with E-state index >= 15 is 0 Å². The molecular formula is C16H18N6O2. The third kappa shape index (κ3) is 3.86. The van der Waals surface area contributed by atoms with Crippen molar-refractivity contribution in [2.75, 3.05) is 14.1 Å². The van der Waals surface area contributed by atoms with Gasteiger partial charge >= 0.3 is 0 Å². The van der Waals surface area contributed by atoms with Gasteiger partial charge in [0.05, 0.1) is 5.70 Å². The number of amides is 2. The Hall–Kier alpha value is -3.42. The first-order valence-corrected chi connectivity index (χ1v) is 7.13. The SMILES string of the molecule is C/N=C(C(N)=O)\C(=C/NC)NC(=O)c1cccc(-n2cccc2)n1. The van der Waals surface area contributed by atoms with Crippen LogP contribution < -0.4 is 16.4 Å². The molecule has 0 saturated carbocycles. The number of aromatic nitrogens is 2. The zero-order chi connectivity index (χ0) is 17.5. The van der Waals surface area contributed by atoms with Crippen LogP contribution in [0.1, 0.15) is 10.5 Å². The maximum Gasteiger partial charge on any atom is 0.274 e. The molecule has 0 aliphatic heterocycles. The van der Waals surface area contributed by atoms with Gasteiger partial charge in [0.15, 0.2) is 0 Å². The second kappa shape index (κ2) is 7.73. The quantitative estimate of drug-likeness (QED) is 0.659. The fraction of sp³-hybridized carbons (Fsp3) is 0.125. The van der Waals surface area contributed by atoms with Crippen molar-refractivity contribution in [1.82, 2.24) is 20.2 Å². The van der Waals surface area contributed by atoms with Crippen LogP contribution in [0, 0.1) is 0 Å². The van der Waals surface area contributed by atoms with Crippen molar-refractivity contribution in [1.29, 1.82) is 0 Å². The highest BCUT2D eigenvalue weighted by molar-refractivity contribution is 6.45. The molecule has 0 radical (unpaired) electrons. The first-order chi connectivity index (χ1) is 11.6. The Bertz CT molecular complexity index is 793. The van der Waals surface area contributed by atoms with Crippen LogP contribution in [-0.2, 0) is 4.79 Å². The molecule has 8 nitrogen and oxygen atoms in total. The number of carbonyl (C=O) groups is 2. The van der Waals surface area contributed by atoms with E-state index in [0.29, 0.717) is 5.82 Å². The Morgan fingerprint density at radius 3 is 2.54 bits per heavy atom. The second-order valence-corrected chi connectivity index (χ2v) is 4.71. The number of nitrogens with one attached hydrogen (secondary N) is 2. The molecule has 124 valence electrons. The predicted molar refractivity (Wildman–Crippen MR) is 90.7 cm³/mol. The highest BCUT2D eigenvalue weighted by Gasteiger charge is 2.17. The molecule has 0 unspecified atom stereocenters. The number of rotatable bonds is 6. The highest BCUT2D eigenvalue weighted by Crippen LogP contribution is 2.07. The van der Waals surface area contributed by atoms with Crippen molar-refractivity contribution < 1.29 is 9.59 Å². The van der Waals surface area contributed by atoms with Crippen molar-refractivity contribution in [3.63, 3.8) is 0 Å². The molecule has 2 heterocycles. The summed E-state index contributed by atoms with van der Waals surface area (Å²) in [5.74, 6) is -0.618. The van der Waals surface area contributed by atoms with E-state index in [0.717, 1.165) is 0 Å². The molecule has 24 heavy (non-hydrogen) atoms. The van der Waals surface area contributed by atoms with E-state index in [2.05, 4.69) is 20.6 Å². The number of nitrogens with zero attached hydrogens (tertiary/aromatic N) is 3. The maximum atomic E-state index is 12.4. The van der Waals surface area contributed by atoms with E-state index < -0.39 is 11.8 Å². The fourth-order valence-corrected chi connectivity index (χ4v) is 2.04. The van der Waals surface area contributed by atoms with Gasteiger partial charge in [-0.1, -0.05) is 6.07 Å². The van der Waals surface area contributed by atoms with Crippen LogP contribution in [0.4, 0.5) is 0 Å². The topological polar surface area (TPSA) is 114 Å². The van der Waals surface area contributed by atoms with Gasteiger partial charge in [-0.15, -0.1) is 0 Å². The standard InChI is InChI=1S/C16H18N6O2/c1-18-10-12(14(19-2)15(17)23)21-16(24)11-6-5-7-13(20-11)22-8-3-4-9-22/h3-10,18H,1-2H3,(H2,17,23)(H,21,24)/b12-10+,19-14+. The molecule has 0 fully saturated rings. The fourth-order valence-electron chi connectivity index (χ4n) is 2.04. The van der Waals surface area contributed by atoms with E-state index in [-0.39, 0.29) is 17.1 Å². The van der Waals surface area contributed by atoms with Gasteiger partial charge in [-0.25, -0.2) is 4.98 Å². The Morgan fingerprint density at radius 2 is 1.96 bits per heavy atom. The molecule has 0 aromatic carbocycles. The van der Waals surface area contributed by atoms with Crippen molar-refractivity contribution >= 4 is 17.5 Å². The van der Waals surface area contributed by atoms with Gasteiger partial charge in [0.1, 0.15) is 17.2 Å². The van der Waals surface area contributed by atoms with E-state index in [1.807, 2.05) is 24.5 Å². The van der Waals surface area contributed by atoms with Gasteiger partial charge in [0.25, 0.3) is 11.8 Å². The normalized spacial score (nSPS) is 11.9. The molecule has 2 rings (SSSR count). The van der Waals surface area contributed by atoms with Crippen molar-refractivity contribution in [2.24, 2.45) is 10.7 Å². The summed E-state index contributed by atoms with van der Waals surface area (Å²) in [6, 6.07) is 8.80. The summed E-state index contributed by atoms with van der Waals surface area (Å²) in [4.78, 5) is 32.0. The zero-order valence-corrected chi connectivity index (χ0v) is 13.4. The summed E-state index contributed by atoms with van der Waals surface area (Å²) in [5, 5.41) is 5.33. The highest BCUT2D eigenvalue weighted by atomic mass is 16.2. The smallest absolute Gasteiger partial charge is 0.274 e. The predicted octanol–water partition coefficient (Wildman–Crippen LogP) is 0.219. The minimum Gasteiger partial charge on any atom is -0.392 e. The lowest BCUT2D eigenvalue weighted by atomic mass is 10.2. The Morgan fingerprint density at radius 1 is 1.25 bits per heavy atom. The lowest BCUT2D eigenvalue weighted by molar-refractivity contribution is -0.111. The summed E-state index contributed by atoms with van der Waals surface area (Å²) in [6.07, 6.45) is 5.08. The van der Waals surface area contributed by atoms with E-state index in [1.54, 1.807) is 29.8 Å². The van der Waals surface area contributed by atoms with Gasteiger partial charge in [0, 0.05) is 32.7 Å². The molecule has 0 saturated heterocycles. The Balaban J connectivity index is 2.27. The third-order valence-corrected chi connectivity index (χ3v) is 3.09. The molecule has 2 aromatic rings. The van der Waals surface area contributed by atoms with E-state index in [4.69, 9.17) is 5.73 Å². The average Bonchev–Trinajstić information content (AvgIpc) is 3.10. The first kappa shape index (κ1) is 16.9. The van der Waals surface area contributed by atoms with Crippen molar-refractivity contribution in [2.45, 2.75) is 0 Å². The molecule has 2 amide bonds. The van der Waals surface area contributed by atoms with Crippen LogP contribution in [0.25, 0.3) is 5.82 Å². The average molecular weight is 326 g/mol. The van der Waals surface area contributed by atoms with Crippen LogP contribution in [0.5, 0.6) is 0 Å². The summed E-state index contributed by atoms with van der Waals surface area (Å²) in [5.41, 5.74) is 5.60. The van der Waals surface area contributed by atoms with Crippen molar-refractivity contribution in [3.8, 4) is 5.82 Å². The Kier molecular flexibility index (Phi) is 5.45. The molecule has 8 heteroatoms. The molecular weight excluding hydrogens is 308 g/mol. The minimum absolute atomic E-state index is 0.0423. The minimum atomic E-state index is -0.742. The monoisotopic (exact) mass is 326 g/mol. The summed E-state index contributed by atoms with van der Waals surface area (Å²) >= 11 is 0. The van der Waals surface area contributed by atoms with Gasteiger partial charge < -0.3 is 20.9 Å². The summed E-state index contributed by atoms with van der Waals surface area (Å²) in [6.45, 7) is 0. The molecule has 0 atom stereocenters. The molecule has 0 bridgehead atoms. The van der Waals surface area contributed by atoms with Gasteiger partial charge in [-0.05, 0) is 24.3 Å². The van der Waals surface area contributed by atoms with E-state index in [1.165, 1.54) is 13.2 Å². The van der Waals surface area contributed by atoms with Crippen molar-refractivity contribution in [3.05, 3.63) is 60.3 Å². The molecule has 4 N–H and O–H groups in total. The van der Waals surface area contributed by atoms with Crippen LogP contribution in [0.2, 0.25) is 0 Å². The van der Waals surface area contributed by atoms with Gasteiger partial charge in [0.2, 0.25) is 0 Å². The van der Waals surface area contributed by atoms with Gasteiger partial charge in [-0.3, -0.25) is 14.6 Å². The number of pyridine rings is 1. The van der Waals surface area contributed by atoms with Crippen LogP contribution in [-0.4, -0.2) is 41.2 Å². The number of carbonyl (C=O) groups excluding carboxylic acids is 2. The summed E-state index contributed by atoms with van der Waals surface area (Å²) < 4.78 is 1.78. The lowest BCUT2D eigenvalue weighted by Gasteiger charge is -2.11. The lowest BCUT2D eigenvalue weighted by Crippen LogP contribution is -2.35. The van der Waals surface area contributed by atoms with Crippen LogP contribution in [0.15, 0.2) is 59.6 Å². The van der Waals surface area contributed by atoms with E-state index in [9.17, 15) is 9.59 Å². The third-order valence-electron chi connectivity index (χ3n) is 3.09. The summed E-state index contributed by atoms with van der Waals surface area (Å²) in [7, 11) is 3.05. The number of aliphatic imine (C=N–C) groups is 1. The van der Waals surface area contributed by atoms with Gasteiger partial charge in [-0.2, -0.15) is 0 Å². The maximum absolute atomic E-state index is 12.4. The molecule has 0 spiro atoms. The van der Waals surface area contributed by atoms with Crippen LogP contribution >= 0.6 is 0 Å². The number of hydrogen-bond donors (Lipinski definition) is 3. The zero-order valence-electron chi connectivity index (χ0n) is 13.4. The number of nitrogens with two attached hydrogens (primary N) is 1. The molecule has 0 aliphatic carbocycles. The first-order valence-electron chi connectivity index (χ1n) is 7.13. The molecule has 0 aliphatic rings. The number of hydrogen-bond acceptors (Lipinski definition) is 5. The molecule has 2 aromatic heterocycles. The number of primary amides is 1. The second-order valence-electron chi connectivity index (χ2n) is 4.71. The van der Waals surface area contributed by atoms with Crippen LogP contribution in [0.3, 0.4) is 0 Å². The Labute approximate surface area is 139 Å². The largest absolute Gasteiger partial charge is 0.392 e.